The summed E-state index contributed by atoms with van der Waals surface area (Å²) in [5.74, 6) is -0.0242. The summed E-state index contributed by atoms with van der Waals surface area (Å²) in [6.45, 7) is 1.50. The largest absolute Gasteiger partial charge is 0.497 e. The van der Waals surface area contributed by atoms with Crippen LogP contribution in [0.3, 0.4) is 0 Å². The van der Waals surface area contributed by atoms with E-state index in [1.807, 2.05) is 0 Å². The van der Waals surface area contributed by atoms with E-state index < -0.39 is 21.4 Å². The monoisotopic (exact) mass is 353 g/mol. The van der Waals surface area contributed by atoms with Crippen molar-refractivity contribution in [2.75, 3.05) is 20.8 Å². The molecule has 0 heterocycles. The number of ether oxygens (including phenoxy) is 2. The van der Waals surface area contributed by atoms with Gasteiger partial charge in [0.1, 0.15) is 17.2 Å². The summed E-state index contributed by atoms with van der Waals surface area (Å²) < 4.78 is 51.9. The third-order valence-corrected chi connectivity index (χ3v) is 5.24. The SMILES string of the molecule is COc1cccc(S(=O)(=O)NCC(C)(OC)c2ccccc2F)c1. The third-order valence-electron chi connectivity index (χ3n) is 3.85. The number of sulfonamides is 1. The predicted octanol–water partition coefficient (Wildman–Crippen LogP) is 2.67. The summed E-state index contributed by atoms with van der Waals surface area (Å²) in [4.78, 5) is 0.0637. The molecule has 5 nitrogen and oxygen atoms in total. The van der Waals surface area contributed by atoms with Gasteiger partial charge in [0.05, 0.1) is 12.0 Å². The van der Waals surface area contributed by atoms with Crippen LogP contribution in [0.25, 0.3) is 0 Å². The quantitative estimate of drug-likeness (QED) is 0.831. The Bertz CT molecular complexity index is 810. The van der Waals surface area contributed by atoms with Crippen molar-refractivity contribution in [2.24, 2.45) is 0 Å². The molecule has 1 N–H and O–H groups in total. The molecule has 0 spiro atoms. The molecule has 130 valence electrons. The smallest absolute Gasteiger partial charge is 0.240 e. The molecule has 0 bridgehead atoms. The van der Waals surface area contributed by atoms with Gasteiger partial charge in [-0.2, -0.15) is 0 Å². The molecule has 2 rings (SSSR count). The van der Waals surface area contributed by atoms with Crippen LogP contribution in [0.1, 0.15) is 12.5 Å². The van der Waals surface area contributed by atoms with Crippen LogP contribution < -0.4 is 9.46 Å². The van der Waals surface area contributed by atoms with Gasteiger partial charge in [0.2, 0.25) is 10.0 Å². The zero-order valence-electron chi connectivity index (χ0n) is 13.7. The molecule has 0 saturated carbocycles. The van der Waals surface area contributed by atoms with Gasteiger partial charge in [-0.1, -0.05) is 24.3 Å². The summed E-state index contributed by atoms with van der Waals surface area (Å²) in [6.07, 6.45) is 0. The van der Waals surface area contributed by atoms with Crippen LogP contribution >= 0.6 is 0 Å². The maximum absolute atomic E-state index is 14.0. The van der Waals surface area contributed by atoms with E-state index in [1.165, 1.54) is 32.4 Å². The van der Waals surface area contributed by atoms with E-state index in [4.69, 9.17) is 9.47 Å². The molecular weight excluding hydrogens is 333 g/mol. The van der Waals surface area contributed by atoms with Crippen molar-refractivity contribution in [2.45, 2.75) is 17.4 Å². The minimum absolute atomic E-state index is 0.0637. The first-order valence-corrected chi connectivity index (χ1v) is 8.74. The number of nitrogens with one attached hydrogen (secondary N) is 1. The fraction of sp³-hybridized carbons (Fsp3) is 0.294. The number of hydrogen-bond acceptors (Lipinski definition) is 4. The molecule has 0 fully saturated rings. The van der Waals surface area contributed by atoms with Gasteiger partial charge in [-0.3, -0.25) is 0 Å². The van der Waals surface area contributed by atoms with E-state index >= 15 is 0 Å². The number of halogens is 1. The van der Waals surface area contributed by atoms with Crippen LogP contribution in [0.15, 0.2) is 53.4 Å². The highest BCUT2D eigenvalue weighted by Gasteiger charge is 2.31. The fourth-order valence-electron chi connectivity index (χ4n) is 2.25. The normalized spacial score (nSPS) is 14.2. The van der Waals surface area contributed by atoms with E-state index in [0.29, 0.717) is 5.75 Å². The predicted molar refractivity (Wildman–Crippen MR) is 88.9 cm³/mol. The number of rotatable bonds is 7. The fourth-order valence-corrected chi connectivity index (χ4v) is 3.41. The molecule has 0 aliphatic carbocycles. The standard InChI is InChI=1S/C17H20FNO4S/c1-17(23-3,15-9-4-5-10-16(15)18)12-19-24(20,21)14-8-6-7-13(11-14)22-2/h4-11,19H,12H2,1-3H3. The highest BCUT2D eigenvalue weighted by atomic mass is 32.2. The van der Waals surface area contributed by atoms with E-state index in [2.05, 4.69) is 4.72 Å². The molecule has 24 heavy (non-hydrogen) atoms. The average molecular weight is 353 g/mol. The Hall–Kier alpha value is -1.96. The molecule has 2 aromatic carbocycles. The summed E-state index contributed by atoms with van der Waals surface area (Å²) in [5, 5.41) is 0. The lowest BCUT2D eigenvalue weighted by atomic mass is 9.95. The van der Waals surface area contributed by atoms with Gasteiger partial charge in [-0.25, -0.2) is 17.5 Å². The Morgan fingerprint density at radius 3 is 2.46 bits per heavy atom. The van der Waals surface area contributed by atoms with E-state index in [0.717, 1.165) is 0 Å². The lowest BCUT2D eigenvalue weighted by Gasteiger charge is -2.29. The number of hydrogen-bond donors (Lipinski definition) is 1. The summed E-state index contributed by atoms with van der Waals surface area (Å²) in [6, 6.07) is 12.2. The molecule has 0 aromatic heterocycles. The van der Waals surface area contributed by atoms with Crippen LogP contribution in [-0.4, -0.2) is 29.2 Å². The highest BCUT2D eigenvalue weighted by molar-refractivity contribution is 7.89. The van der Waals surface area contributed by atoms with Crippen LogP contribution in [0, 0.1) is 5.82 Å². The van der Waals surface area contributed by atoms with E-state index in [1.54, 1.807) is 37.3 Å². The van der Waals surface area contributed by atoms with Gasteiger partial charge in [0.15, 0.2) is 0 Å². The van der Waals surface area contributed by atoms with Crippen LogP contribution in [0.4, 0.5) is 4.39 Å². The molecule has 0 radical (unpaired) electrons. The second kappa shape index (κ2) is 7.29. The Morgan fingerprint density at radius 2 is 1.83 bits per heavy atom. The van der Waals surface area contributed by atoms with Gasteiger partial charge in [0, 0.05) is 25.3 Å². The van der Waals surface area contributed by atoms with Gasteiger partial charge in [-0.05, 0) is 25.1 Å². The van der Waals surface area contributed by atoms with E-state index in [9.17, 15) is 12.8 Å². The molecular formula is C17H20FNO4S. The Balaban J connectivity index is 2.25. The van der Waals surface area contributed by atoms with Gasteiger partial charge in [-0.15, -0.1) is 0 Å². The van der Waals surface area contributed by atoms with Gasteiger partial charge >= 0.3 is 0 Å². The summed E-state index contributed by atoms with van der Waals surface area (Å²) >= 11 is 0. The second-order valence-corrected chi connectivity index (χ2v) is 7.19. The second-order valence-electron chi connectivity index (χ2n) is 5.42. The molecule has 0 aliphatic rings. The van der Waals surface area contributed by atoms with Crippen molar-refractivity contribution < 1.29 is 22.3 Å². The first-order chi connectivity index (χ1) is 11.3. The van der Waals surface area contributed by atoms with E-state index in [-0.39, 0.29) is 17.0 Å². The molecule has 1 atom stereocenters. The molecule has 2 aromatic rings. The summed E-state index contributed by atoms with van der Waals surface area (Å²) in [5.41, 5.74) is -0.863. The highest BCUT2D eigenvalue weighted by Crippen LogP contribution is 2.27. The molecule has 0 aliphatic heterocycles. The molecule has 0 saturated heterocycles. The van der Waals surface area contributed by atoms with Gasteiger partial charge < -0.3 is 9.47 Å². The molecule has 7 heteroatoms. The van der Waals surface area contributed by atoms with Crippen molar-refractivity contribution >= 4 is 10.0 Å². The zero-order valence-corrected chi connectivity index (χ0v) is 14.6. The number of benzene rings is 2. The Kier molecular flexibility index (Phi) is 5.58. The third kappa shape index (κ3) is 3.92. The zero-order chi connectivity index (χ0) is 17.8. The lowest BCUT2D eigenvalue weighted by Crippen LogP contribution is -2.40. The summed E-state index contributed by atoms with van der Waals surface area (Å²) in [7, 11) is -0.923. The molecule has 0 amide bonds. The lowest BCUT2D eigenvalue weighted by molar-refractivity contribution is 0.00410. The average Bonchev–Trinajstić information content (AvgIpc) is 2.60. The molecule has 1 unspecified atom stereocenters. The maximum Gasteiger partial charge on any atom is 0.240 e. The maximum atomic E-state index is 14.0. The Labute approximate surface area is 141 Å². The topological polar surface area (TPSA) is 64.6 Å². The van der Waals surface area contributed by atoms with Crippen LogP contribution in [0.5, 0.6) is 5.75 Å². The minimum atomic E-state index is -3.79. The van der Waals surface area contributed by atoms with Crippen molar-refractivity contribution in [3.05, 3.63) is 59.9 Å². The van der Waals surface area contributed by atoms with Crippen molar-refractivity contribution in [1.82, 2.24) is 4.72 Å². The van der Waals surface area contributed by atoms with Crippen LogP contribution in [0.2, 0.25) is 0 Å². The van der Waals surface area contributed by atoms with Crippen molar-refractivity contribution in [3.8, 4) is 5.75 Å². The van der Waals surface area contributed by atoms with Crippen LogP contribution in [-0.2, 0) is 20.4 Å². The van der Waals surface area contributed by atoms with Crippen molar-refractivity contribution in [3.63, 3.8) is 0 Å². The minimum Gasteiger partial charge on any atom is -0.497 e. The first kappa shape index (κ1) is 18.4. The van der Waals surface area contributed by atoms with Crippen molar-refractivity contribution in [1.29, 1.82) is 0 Å². The first-order valence-electron chi connectivity index (χ1n) is 7.26. The van der Waals surface area contributed by atoms with Gasteiger partial charge in [0.25, 0.3) is 0 Å². The number of methoxy groups -OCH3 is 2. The Morgan fingerprint density at radius 1 is 1.12 bits per heavy atom.